The third-order valence-corrected chi connectivity index (χ3v) is 11.5. The molecule has 0 saturated heterocycles. The third-order valence-electron chi connectivity index (χ3n) is 11.5. The smallest absolute Gasteiger partial charge is 0.00170 e. The van der Waals surface area contributed by atoms with Gasteiger partial charge >= 0.3 is 0 Å². The molecule has 38 heavy (non-hydrogen) atoms. The fourth-order valence-corrected chi connectivity index (χ4v) is 9.74. The van der Waals surface area contributed by atoms with Crippen LogP contribution in [-0.4, -0.2) is 0 Å². The van der Waals surface area contributed by atoms with E-state index in [4.69, 9.17) is 0 Å². The Balaban J connectivity index is 1.02. The Morgan fingerprint density at radius 1 is 0.474 bits per heavy atom. The molecule has 0 aromatic carbocycles. The molecule has 0 spiro atoms. The van der Waals surface area contributed by atoms with Crippen LogP contribution in [0.25, 0.3) is 0 Å². The lowest BCUT2D eigenvalue weighted by atomic mass is 9.81. The molecule has 0 radical (unpaired) electrons. The van der Waals surface area contributed by atoms with Crippen LogP contribution in [0.3, 0.4) is 0 Å². The summed E-state index contributed by atoms with van der Waals surface area (Å²) < 4.78 is 0. The van der Waals surface area contributed by atoms with Crippen LogP contribution in [0.4, 0.5) is 0 Å². The monoisotopic (exact) mass is 510 g/mol. The number of rotatable bonds is 7. The summed E-state index contributed by atoms with van der Waals surface area (Å²) in [6.45, 7) is 0. The van der Waals surface area contributed by atoms with Crippen molar-refractivity contribution in [3.05, 3.63) is 71.9 Å². The quantitative estimate of drug-likeness (QED) is 0.236. The van der Waals surface area contributed by atoms with Gasteiger partial charge in [-0.2, -0.15) is 0 Å². The second-order valence-corrected chi connectivity index (χ2v) is 13.7. The maximum absolute atomic E-state index is 2.69. The first kappa shape index (κ1) is 26.7. The molecular formula is C38H54. The minimum absolute atomic E-state index is 0.729. The summed E-state index contributed by atoms with van der Waals surface area (Å²) in [6, 6.07) is 0. The van der Waals surface area contributed by atoms with E-state index in [0.29, 0.717) is 0 Å². The highest BCUT2D eigenvalue weighted by Gasteiger charge is 2.45. The summed E-state index contributed by atoms with van der Waals surface area (Å²) in [5.41, 5.74) is 3.68. The van der Waals surface area contributed by atoms with E-state index in [1.807, 2.05) is 11.1 Å². The van der Waals surface area contributed by atoms with Crippen molar-refractivity contribution in [2.75, 3.05) is 0 Å². The van der Waals surface area contributed by atoms with Crippen molar-refractivity contribution in [2.45, 2.75) is 116 Å². The molecule has 6 aliphatic carbocycles. The zero-order valence-corrected chi connectivity index (χ0v) is 24.1. The molecule has 0 aromatic rings. The van der Waals surface area contributed by atoms with E-state index in [1.54, 1.807) is 0 Å². The average Bonchev–Trinajstić information content (AvgIpc) is 3.21. The van der Waals surface area contributed by atoms with Gasteiger partial charge in [0.25, 0.3) is 0 Å². The van der Waals surface area contributed by atoms with Crippen molar-refractivity contribution in [3.63, 3.8) is 0 Å². The number of unbranched alkanes of at least 4 members (excludes halogenated alkanes) is 3. The number of hydrogen-bond acceptors (Lipinski definition) is 0. The molecule has 0 amide bonds. The molecule has 6 rings (SSSR count). The third kappa shape index (κ3) is 5.81. The van der Waals surface area contributed by atoms with Crippen LogP contribution in [0.1, 0.15) is 116 Å². The Hall–Kier alpha value is -1.56. The highest BCUT2D eigenvalue weighted by Crippen LogP contribution is 2.54. The Bertz CT molecular complexity index is 875. The number of allylic oxidation sites excluding steroid dienone is 12. The van der Waals surface area contributed by atoms with E-state index in [0.717, 1.165) is 47.3 Å². The van der Waals surface area contributed by atoms with Crippen LogP contribution in [0, 0.1) is 47.3 Å². The second-order valence-electron chi connectivity index (χ2n) is 13.7. The Labute approximate surface area is 234 Å². The standard InChI is InChI=1S/C38H54/c1-3-9-19-29-30(20-10-4-1)36-26-16-15-25-35(29)33(36)23-13-7-8-14-24-34-37-27-17-18-28-38(34)32-22-12-6-2-5-11-21-31(32)37/h15-19,21,25-28,30,32-38H,1-14,20,22-24H2/b29-19+,31-21+. The van der Waals surface area contributed by atoms with Gasteiger partial charge in [0.2, 0.25) is 0 Å². The van der Waals surface area contributed by atoms with Crippen molar-refractivity contribution in [3.8, 4) is 0 Å². The van der Waals surface area contributed by atoms with Crippen LogP contribution < -0.4 is 0 Å². The lowest BCUT2D eigenvalue weighted by Crippen LogP contribution is -2.15. The maximum Gasteiger partial charge on any atom is 0.00170 e. The predicted octanol–water partition coefficient (Wildman–Crippen LogP) is 11.1. The molecule has 8 unspecified atom stereocenters. The summed E-state index contributed by atoms with van der Waals surface area (Å²) >= 11 is 0. The molecule has 0 aliphatic heterocycles. The van der Waals surface area contributed by atoms with Gasteiger partial charge in [-0.25, -0.2) is 0 Å². The van der Waals surface area contributed by atoms with Gasteiger partial charge in [-0.1, -0.05) is 136 Å². The van der Waals surface area contributed by atoms with Crippen molar-refractivity contribution in [2.24, 2.45) is 47.3 Å². The van der Waals surface area contributed by atoms with E-state index in [1.165, 1.54) is 116 Å². The largest absolute Gasteiger partial charge is 0.0844 e. The van der Waals surface area contributed by atoms with Gasteiger partial charge in [-0.3, -0.25) is 0 Å². The fourth-order valence-electron chi connectivity index (χ4n) is 9.74. The Morgan fingerprint density at radius 2 is 0.921 bits per heavy atom. The molecule has 2 fully saturated rings. The van der Waals surface area contributed by atoms with Gasteiger partial charge in [0, 0.05) is 11.8 Å². The van der Waals surface area contributed by atoms with Crippen molar-refractivity contribution < 1.29 is 0 Å². The van der Waals surface area contributed by atoms with Crippen LogP contribution in [0.5, 0.6) is 0 Å². The van der Waals surface area contributed by atoms with E-state index in [2.05, 4.69) is 60.8 Å². The van der Waals surface area contributed by atoms with Gasteiger partial charge in [0.1, 0.15) is 0 Å². The molecule has 0 N–H and O–H groups in total. The zero-order valence-electron chi connectivity index (χ0n) is 24.1. The molecule has 0 heteroatoms. The molecule has 6 aliphatic rings. The lowest BCUT2D eigenvalue weighted by molar-refractivity contribution is 0.308. The van der Waals surface area contributed by atoms with Crippen LogP contribution >= 0.6 is 0 Å². The highest BCUT2D eigenvalue weighted by molar-refractivity contribution is 5.33. The first-order valence-corrected chi connectivity index (χ1v) is 17.0. The average molecular weight is 511 g/mol. The van der Waals surface area contributed by atoms with E-state index in [9.17, 15) is 0 Å². The molecule has 0 nitrogen and oxygen atoms in total. The van der Waals surface area contributed by atoms with Crippen molar-refractivity contribution >= 4 is 0 Å². The van der Waals surface area contributed by atoms with E-state index < -0.39 is 0 Å². The Kier molecular flexibility index (Phi) is 9.26. The summed E-state index contributed by atoms with van der Waals surface area (Å²) in [6.07, 6.45) is 50.9. The fraction of sp³-hybridized carbons (Fsp3) is 0.684. The van der Waals surface area contributed by atoms with Crippen LogP contribution in [-0.2, 0) is 0 Å². The number of hydrogen-bond donors (Lipinski definition) is 0. The van der Waals surface area contributed by atoms with Crippen LogP contribution in [0.15, 0.2) is 71.9 Å². The zero-order chi connectivity index (χ0) is 25.6. The van der Waals surface area contributed by atoms with E-state index >= 15 is 0 Å². The summed E-state index contributed by atoms with van der Waals surface area (Å²) in [5.74, 6) is 6.46. The van der Waals surface area contributed by atoms with Crippen molar-refractivity contribution in [1.82, 2.24) is 0 Å². The first-order valence-electron chi connectivity index (χ1n) is 17.0. The Morgan fingerprint density at radius 3 is 1.42 bits per heavy atom. The highest BCUT2D eigenvalue weighted by atomic mass is 14.5. The topological polar surface area (TPSA) is 0 Å². The van der Waals surface area contributed by atoms with Crippen LogP contribution in [0.2, 0.25) is 0 Å². The minimum Gasteiger partial charge on any atom is -0.0844 e. The van der Waals surface area contributed by atoms with E-state index in [-0.39, 0.29) is 0 Å². The molecular weight excluding hydrogens is 456 g/mol. The molecule has 0 aromatic heterocycles. The lowest BCUT2D eigenvalue weighted by Gasteiger charge is -2.23. The summed E-state index contributed by atoms with van der Waals surface area (Å²) in [4.78, 5) is 0. The second kappa shape index (κ2) is 13.2. The predicted molar refractivity (Wildman–Crippen MR) is 164 cm³/mol. The molecule has 0 heterocycles. The first-order chi connectivity index (χ1) is 18.9. The van der Waals surface area contributed by atoms with Gasteiger partial charge in [-0.15, -0.1) is 0 Å². The van der Waals surface area contributed by atoms with Gasteiger partial charge in [0.15, 0.2) is 0 Å². The number of fused-ring (bicyclic) bond motifs is 10. The normalized spacial score (nSPS) is 41.1. The van der Waals surface area contributed by atoms with Gasteiger partial charge in [0.05, 0.1) is 0 Å². The minimum atomic E-state index is 0.729. The molecule has 4 bridgehead atoms. The van der Waals surface area contributed by atoms with Gasteiger partial charge in [-0.05, 0) is 86.9 Å². The SMILES string of the molecule is C1=CC2/C3=C/CCCCCCC3C(C=C1)C2CCCCCCC1C2C=CC=CC1C1CCCCCC/C=C/21. The molecule has 206 valence electrons. The summed E-state index contributed by atoms with van der Waals surface area (Å²) in [5, 5.41) is 0. The van der Waals surface area contributed by atoms with Gasteiger partial charge < -0.3 is 0 Å². The molecule has 2 saturated carbocycles. The summed E-state index contributed by atoms with van der Waals surface area (Å²) in [7, 11) is 0. The maximum atomic E-state index is 2.69. The molecule has 8 atom stereocenters. The van der Waals surface area contributed by atoms with Crippen molar-refractivity contribution in [1.29, 1.82) is 0 Å².